The first-order valence-electron chi connectivity index (χ1n) is 8.39. The number of ketones is 1. The van der Waals surface area contributed by atoms with Crippen molar-refractivity contribution < 1.29 is 9.59 Å². The second kappa shape index (κ2) is 8.03. The van der Waals surface area contributed by atoms with Gasteiger partial charge in [0, 0.05) is 6.42 Å². The van der Waals surface area contributed by atoms with E-state index in [9.17, 15) is 9.59 Å². The molecule has 0 radical (unpaired) electrons. The fourth-order valence-corrected chi connectivity index (χ4v) is 3.63. The Bertz CT molecular complexity index is 887. The molecule has 0 unspecified atom stereocenters. The summed E-state index contributed by atoms with van der Waals surface area (Å²) in [5.41, 5.74) is 3.19. The van der Waals surface area contributed by atoms with Gasteiger partial charge in [-0.15, -0.1) is 11.3 Å². The topological polar surface area (TPSA) is 59.1 Å². The fourth-order valence-electron chi connectivity index (χ4n) is 2.62. The van der Waals surface area contributed by atoms with Gasteiger partial charge >= 0.3 is 0 Å². The molecule has 0 aliphatic heterocycles. The molecule has 3 aromatic rings. The summed E-state index contributed by atoms with van der Waals surface area (Å²) in [4.78, 5) is 28.0. The van der Waals surface area contributed by atoms with Gasteiger partial charge in [0.1, 0.15) is 5.01 Å². The predicted molar refractivity (Wildman–Crippen MR) is 102 cm³/mol. The molecule has 4 nitrogen and oxygen atoms in total. The molecule has 3 rings (SSSR count). The number of Topliss-reactive ketones (excluding diaryl/α,β-unsaturated/α-hetero) is 1. The molecular formula is C20H20N2O2S. The van der Waals surface area contributed by atoms with E-state index < -0.39 is 0 Å². The minimum Gasteiger partial charge on any atom is -0.349 e. The zero-order valence-electron chi connectivity index (χ0n) is 14.1. The van der Waals surface area contributed by atoms with Crippen LogP contribution in [0.4, 0.5) is 0 Å². The number of hydrogen-bond acceptors (Lipinski definition) is 4. The monoisotopic (exact) mass is 352 g/mol. The molecule has 1 N–H and O–H groups in total. The smallest absolute Gasteiger partial charge is 0.227 e. The van der Waals surface area contributed by atoms with Crippen molar-refractivity contribution in [2.45, 2.75) is 26.2 Å². The molecule has 1 heterocycles. The van der Waals surface area contributed by atoms with Gasteiger partial charge in [-0.1, -0.05) is 43.3 Å². The summed E-state index contributed by atoms with van der Waals surface area (Å²) in [6, 6.07) is 16.3. The minimum atomic E-state index is -0.160. The maximum absolute atomic E-state index is 12.0. The summed E-state index contributed by atoms with van der Waals surface area (Å²) < 4.78 is 1.06. The second-order valence-electron chi connectivity index (χ2n) is 5.90. The van der Waals surface area contributed by atoms with Crippen LogP contribution >= 0.6 is 11.3 Å². The lowest BCUT2D eigenvalue weighted by Gasteiger charge is -2.02. The van der Waals surface area contributed by atoms with Gasteiger partial charge in [-0.25, -0.2) is 4.98 Å². The first-order valence-corrected chi connectivity index (χ1v) is 9.20. The normalized spacial score (nSPS) is 10.8. The molecule has 0 aliphatic rings. The van der Waals surface area contributed by atoms with Crippen molar-refractivity contribution in [1.29, 1.82) is 0 Å². The molecule has 0 aliphatic carbocycles. The van der Waals surface area contributed by atoms with Crippen molar-refractivity contribution in [1.82, 2.24) is 10.3 Å². The number of nitrogens with one attached hydrogen (secondary N) is 1. The van der Waals surface area contributed by atoms with E-state index in [0.29, 0.717) is 6.42 Å². The Kier molecular flexibility index (Phi) is 5.56. The van der Waals surface area contributed by atoms with E-state index >= 15 is 0 Å². The summed E-state index contributed by atoms with van der Waals surface area (Å²) in [5.74, 6) is -0.0977. The average Bonchev–Trinajstić information content (AvgIpc) is 3.02. The predicted octanol–water partition coefficient (Wildman–Crippen LogP) is 3.99. The second-order valence-corrected chi connectivity index (χ2v) is 7.01. The lowest BCUT2D eigenvalue weighted by molar-refractivity contribution is -0.124. The fraction of sp³-hybridized carbons (Fsp3) is 0.250. The van der Waals surface area contributed by atoms with Crippen LogP contribution in [0.3, 0.4) is 0 Å². The van der Waals surface area contributed by atoms with Crippen LogP contribution in [0.5, 0.6) is 0 Å². The van der Waals surface area contributed by atoms with E-state index in [2.05, 4.69) is 28.5 Å². The summed E-state index contributed by atoms with van der Waals surface area (Å²) in [7, 11) is 0. The van der Waals surface area contributed by atoms with Crippen LogP contribution in [0.25, 0.3) is 21.3 Å². The lowest BCUT2D eigenvalue weighted by atomic mass is 10.1. The Morgan fingerprint density at radius 1 is 1.08 bits per heavy atom. The highest BCUT2D eigenvalue weighted by molar-refractivity contribution is 7.18. The minimum absolute atomic E-state index is 0.0626. The van der Waals surface area contributed by atoms with Crippen LogP contribution in [-0.4, -0.2) is 23.2 Å². The quantitative estimate of drug-likeness (QED) is 0.699. The van der Waals surface area contributed by atoms with Crippen molar-refractivity contribution in [3.05, 3.63) is 53.5 Å². The molecule has 0 bridgehead atoms. The molecule has 0 atom stereocenters. The number of aromatic nitrogens is 1. The molecule has 25 heavy (non-hydrogen) atoms. The van der Waals surface area contributed by atoms with Crippen molar-refractivity contribution >= 4 is 33.2 Å². The van der Waals surface area contributed by atoms with Gasteiger partial charge in [-0.05, 0) is 29.7 Å². The number of benzene rings is 2. The molecule has 0 fully saturated rings. The molecular weight excluding hydrogens is 332 g/mol. The van der Waals surface area contributed by atoms with E-state index in [-0.39, 0.29) is 24.7 Å². The summed E-state index contributed by atoms with van der Waals surface area (Å²) in [6.07, 6.45) is 1.51. The summed E-state index contributed by atoms with van der Waals surface area (Å²) in [6.45, 7) is 2.06. The molecule has 0 saturated carbocycles. The van der Waals surface area contributed by atoms with Gasteiger partial charge in [0.2, 0.25) is 5.91 Å². The largest absolute Gasteiger partial charge is 0.349 e. The number of carbonyl (C=O) groups excluding carboxylic acids is 2. The van der Waals surface area contributed by atoms with Gasteiger partial charge in [0.15, 0.2) is 5.78 Å². The van der Waals surface area contributed by atoms with E-state index in [1.54, 1.807) is 0 Å². The highest BCUT2D eigenvalue weighted by Gasteiger charge is 2.11. The van der Waals surface area contributed by atoms with Crippen molar-refractivity contribution in [2.24, 2.45) is 0 Å². The van der Waals surface area contributed by atoms with Crippen LogP contribution in [0.2, 0.25) is 0 Å². The SMILES string of the molecule is CCCC(=O)CNC(=O)Cc1nc2ccc(-c3ccccc3)cc2s1. The molecule has 2 aromatic carbocycles. The first-order chi connectivity index (χ1) is 12.2. The lowest BCUT2D eigenvalue weighted by Crippen LogP contribution is -2.30. The highest BCUT2D eigenvalue weighted by atomic mass is 32.1. The number of rotatable bonds is 7. The van der Waals surface area contributed by atoms with Crippen LogP contribution in [-0.2, 0) is 16.0 Å². The van der Waals surface area contributed by atoms with Gasteiger partial charge in [-0.3, -0.25) is 9.59 Å². The third-order valence-corrected chi connectivity index (χ3v) is 4.88. The van der Waals surface area contributed by atoms with E-state index in [1.807, 2.05) is 37.3 Å². The number of amides is 1. The number of thiazole rings is 1. The van der Waals surface area contributed by atoms with Gasteiger partial charge < -0.3 is 5.32 Å². The van der Waals surface area contributed by atoms with Crippen LogP contribution in [0.1, 0.15) is 24.8 Å². The Balaban J connectivity index is 1.69. The number of nitrogens with zero attached hydrogens (tertiary/aromatic N) is 1. The van der Waals surface area contributed by atoms with Gasteiger partial charge in [-0.2, -0.15) is 0 Å². The summed E-state index contributed by atoms with van der Waals surface area (Å²) >= 11 is 1.52. The van der Waals surface area contributed by atoms with Crippen molar-refractivity contribution in [3.63, 3.8) is 0 Å². The molecule has 128 valence electrons. The first kappa shape index (κ1) is 17.3. The zero-order valence-corrected chi connectivity index (χ0v) is 14.9. The zero-order chi connectivity index (χ0) is 17.6. The standard InChI is InChI=1S/C20H20N2O2S/c1-2-6-16(23)13-21-19(24)12-20-22-17-10-9-15(11-18(17)25-20)14-7-4-3-5-8-14/h3-5,7-11H,2,6,12-13H2,1H3,(H,21,24). The number of carbonyl (C=O) groups is 2. The van der Waals surface area contributed by atoms with Gasteiger partial charge in [0.05, 0.1) is 23.2 Å². The molecule has 0 spiro atoms. The maximum atomic E-state index is 12.0. The van der Waals surface area contributed by atoms with Gasteiger partial charge in [0.25, 0.3) is 0 Å². The Morgan fingerprint density at radius 2 is 1.88 bits per heavy atom. The van der Waals surface area contributed by atoms with Crippen LogP contribution in [0.15, 0.2) is 48.5 Å². The van der Waals surface area contributed by atoms with Crippen molar-refractivity contribution in [2.75, 3.05) is 6.54 Å². The number of hydrogen-bond donors (Lipinski definition) is 1. The molecule has 5 heteroatoms. The molecule has 1 amide bonds. The Morgan fingerprint density at radius 3 is 2.64 bits per heavy atom. The average molecular weight is 352 g/mol. The summed E-state index contributed by atoms with van der Waals surface area (Å²) in [5, 5.41) is 3.44. The highest BCUT2D eigenvalue weighted by Crippen LogP contribution is 2.28. The number of fused-ring (bicyclic) bond motifs is 1. The third kappa shape index (κ3) is 4.51. The molecule has 0 saturated heterocycles. The van der Waals surface area contributed by atoms with E-state index in [0.717, 1.165) is 32.8 Å². The van der Waals surface area contributed by atoms with E-state index in [1.165, 1.54) is 11.3 Å². The van der Waals surface area contributed by atoms with Crippen molar-refractivity contribution in [3.8, 4) is 11.1 Å². The van der Waals surface area contributed by atoms with Crippen LogP contribution in [0, 0.1) is 0 Å². The maximum Gasteiger partial charge on any atom is 0.227 e. The Hall–Kier alpha value is -2.53. The van der Waals surface area contributed by atoms with Crippen LogP contribution < -0.4 is 5.32 Å². The Labute approximate surface area is 150 Å². The molecule has 1 aromatic heterocycles. The third-order valence-electron chi connectivity index (χ3n) is 3.86. The van der Waals surface area contributed by atoms with E-state index in [4.69, 9.17) is 0 Å².